The van der Waals surface area contributed by atoms with Gasteiger partial charge in [0.2, 0.25) is 0 Å². The molecule has 1 N–H and O–H groups in total. The van der Waals surface area contributed by atoms with Gasteiger partial charge in [0, 0.05) is 0 Å². The van der Waals surface area contributed by atoms with Gasteiger partial charge in [0.15, 0.2) is 0 Å². The van der Waals surface area contributed by atoms with Gasteiger partial charge in [-0.05, 0) is 25.8 Å². The van der Waals surface area contributed by atoms with Crippen LogP contribution in [0.2, 0.25) is 0 Å². The van der Waals surface area contributed by atoms with Gasteiger partial charge in [-0.25, -0.2) is 0 Å². The molecule has 0 saturated carbocycles. The Hall–Kier alpha value is -0.250. The van der Waals surface area contributed by atoms with E-state index in [0.29, 0.717) is 6.54 Å². The van der Waals surface area contributed by atoms with E-state index in [1.54, 1.807) is 13.8 Å². The van der Waals surface area contributed by atoms with Crippen LogP contribution in [0.25, 0.3) is 0 Å². The minimum atomic E-state index is -4.15. The van der Waals surface area contributed by atoms with E-state index < -0.39 is 11.7 Å². The Morgan fingerprint density at radius 2 is 1.46 bits per heavy atom. The van der Waals surface area contributed by atoms with Gasteiger partial charge in [-0.2, -0.15) is 13.2 Å². The Morgan fingerprint density at radius 1 is 1.00 bits per heavy atom. The Kier molecular flexibility index (Phi) is 4.75. The summed E-state index contributed by atoms with van der Waals surface area (Å²) in [6.07, 6.45) is -3.25. The predicted octanol–water partition coefficient (Wildman–Crippen LogP) is 3.11. The molecule has 0 spiro atoms. The zero-order valence-corrected chi connectivity index (χ0v) is 8.46. The summed E-state index contributed by atoms with van der Waals surface area (Å²) in [6.45, 7) is 5.42. The van der Waals surface area contributed by atoms with Gasteiger partial charge in [0.1, 0.15) is 5.54 Å². The SMILES string of the molecule is CCCNC(CC)(CC)C(F)(F)F. The number of hydrogen-bond donors (Lipinski definition) is 1. The van der Waals surface area contributed by atoms with Crippen LogP contribution in [0.3, 0.4) is 0 Å². The molecule has 1 nitrogen and oxygen atoms in total. The summed E-state index contributed by atoms with van der Waals surface area (Å²) in [5.74, 6) is 0. The molecular formula is C9H18F3N. The van der Waals surface area contributed by atoms with Crippen LogP contribution in [0, 0.1) is 0 Å². The molecule has 0 saturated heterocycles. The first-order valence-electron chi connectivity index (χ1n) is 4.75. The fourth-order valence-corrected chi connectivity index (χ4v) is 1.37. The molecule has 0 heterocycles. The molecule has 0 aromatic heterocycles. The van der Waals surface area contributed by atoms with Crippen molar-refractivity contribution in [1.29, 1.82) is 0 Å². The summed E-state index contributed by atoms with van der Waals surface area (Å²) in [5.41, 5.74) is -1.68. The minimum Gasteiger partial charge on any atom is -0.304 e. The van der Waals surface area contributed by atoms with Crippen LogP contribution in [0.15, 0.2) is 0 Å². The third-order valence-corrected chi connectivity index (χ3v) is 2.46. The van der Waals surface area contributed by atoms with Crippen molar-refractivity contribution >= 4 is 0 Å². The summed E-state index contributed by atoms with van der Waals surface area (Å²) in [6, 6.07) is 0. The van der Waals surface area contributed by atoms with Crippen LogP contribution in [0.1, 0.15) is 40.0 Å². The maximum atomic E-state index is 12.6. The fraction of sp³-hybridized carbons (Fsp3) is 1.00. The van der Waals surface area contributed by atoms with Crippen LogP contribution in [-0.2, 0) is 0 Å². The predicted molar refractivity (Wildman–Crippen MR) is 47.7 cm³/mol. The zero-order chi connectivity index (χ0) is 10.5. The number of halogens is 3. The second kappa shape index (κ2) is 4.84. The molecule has 4 heteroatoms. The van der Waals surface area contributed by atoms with Gasteiger partial charge >= 0.3 is 6.18 Å². The molecule has 0 fully saturated rings. The van der Waals surface area contributed by atoms with Gasteiger partial charge in [-0.1, -0.05) is 20.8 Å². The summed E-state index contributed by atoms with van der Waals surface area (Å²) >= 11 is 0. The van der Waals surface area contributed by atoms with Crippen LogP contribution in [0.5, 0.6) is 0 Å². The highest BCUT2D eigenvalue weighted by atomic mass is 19.4. The van der Waals surface area contributed by atoms with Crippen molar-refractivity contribution < 1.29 is 13.2 Å². The molecule has 13 heavy (non-hydrogen) atoms. The van der Waals surface area contributed by atoms with Crippen molar-refractivity contribution in [2.45, 2.75) is 51.7 Å². The molecule has 80 valence electrons. The molecule has 0 unspecified atom stereocenters. The van der Waals surface area contributed by atoms with Gasteiger partial charge in [-0.15, -0.1) is 0 Å². The second-order valence-corrected chi connectivity index (χ2v) is 3.21. The first kappa shape index (κ1) is 12.8. The standard InChI is InChI=1S/C9H18F3N/c1-4-7-13-8(5-2,6-3)9(10,11)12/h13H,4-7H2,1-3H3. The molecule has 0 radical (unpaired) electrons. The highest BCUT2D eigenvalue weighted by Crippen LogP contribution is 2.35. The van der Waals surface area contributed by atoms with Crippen LogP contribution >= 0.6 is 0 Å². The molecule has 0 aliphatic heterocycles. The summed E-state index contributed by atoms with van der Waals surface area (Å²) < 4.78 is 37.9. The van der Waals surface area contributed by atoms with Crippen LogP contribution < -0.4 is 5.32 Å². The Morgan fingerprint density at radius 3 is 1.69 bits per heavy atom. The molecule has 0 aromatic rings. The number of alkyl halides is 3. The van der Waals surface area contributed by atoms with Gasteiger partial charge in [0.05, 0.1) is 0 Å². The van der Waals surface area contributed by atoms with E-state index in [9.17, 15) is 13.2 Å². The second-order valence-electron chi connectivity index (χ2n) is 3.21. The molecule has 0 rings (SSSR count). The van der Waals surface area contributed by atoms with Gasteiger partial charge in [-0.3, -0.25) is 0 Å². The maximum absolute atomic E-state index is 12.6. The average molecular weight is 197 g/mol. The van der Waals surface area contributed by atoms with E-state index in [2.05, 4.69) is 5.32 Å². The lowest BCUT2D eigenvalue weighted by Crippen LogP contribution is -2.56. The number of hydrogen-bond acceptors (Lipinski definition) is 1. The van der Waals surface area contributed by atoms with Crippen LogP contribution in [-0.4, -0.2) is 18.3 Å². The Labute approximate surface area is 77.7 Å². The number of rotatable bonds is 5. The smallest absolute Gasteiger partial charge is 0.304 e. The third kappa shape index (κ3) is 2.86. The molecule has 0 aromatic carbocycles. The Bertz CT molecular complexity index is 138. The van der Waals surface area contributed by atoms with E-state index in [0.717, 1.165) is 6.42 Å². The average Bonchev–Trinajstić information content (AvgIpc) is 2.05. The first-order chi connectivity index (χ1) is 5.93. The first-order valence-corrected chi connectivity index (χ1v) is 4.75. The lowest BCUT2D eigenvalue weighted by molar-refractivity contribution is -0.198. The lowest BCUT2D eigenvalue weighted by Gasteiger charge is -2.35. The number of nitrogens with one attached hydrogen (secondary N) is 1. The molecule has 0 bridgehead atoms. The molecular weight excluding hydrogens is 179 g/mol. The minimum absolute atomic E-state index is 0.0903. The molecule has 0 aliphatic carbocycles. The highest BCUT2D eigenvalue weighted by molar-refractivity contribution is 4.92. The monoisotopic (exact) mass is 197 g/mol. The van der Waals surface area contributed by atoms with Crippen molar-refractivity contribution in [3.05, 3.63) is 0 Å². The molecule has 0 aliphatic rings. The van der Waals surface area contributed by atoms with Crippen molar-refractivity contribution in [2.75, 3.05) is 6.54 Å². The highest BCUT2D eigenvalue weighted by Gasteiger charge is 2.51. The fourth-order valence-electron chi connectivity index (χ4n) is 1.37. The quantitative estimate of drug-likeness (QED) is 0.714. The van der Waals surface area contributed by atoms with E-state index in [1.165, 1.54) is 0 Å². The largest absolute Gasteiger partial charge is 0.406 e. The van der Waals surface area contributed by atoms with Crippen molar-refractivity contribution in [3.8, 4) is 0 Å². The van der Waals surface area contributed by atoms with Crippen molar-refractivity contribution in [2.24, 2.45) is 0 Å². The molecule has 0 amide bonds. The van der Waals surface area contributed by atoms with Gasteiger partial charge in [0.25, 0.3) is 0 Å². The topological polar surface area (TPSA) is 12.0 Å². The Balaban J connectivity index is 4.50. The van der Waals surface area contributed by atoms with Crippen molar-refractivity contribution in [1.82, 2.24) is 5.32 Å². The summed E-state index contributed by atoms with van der Waals surface area (Å²) in [7, 11) is 0. The van der Waals surface area contributed by atoms with Crippen molar-refractivity contribution in [3.63, 3.8) is 0 Å². The summed E-state index contributed by atoms with van der Waals surface area (Å²) in [5, 5.41) is 2.60. The van der Waals surface area contributed by atoms with E-state index in [-0.39, 0.29) is 12.8 Å². The van der Waals surface area contributed by atoms with E-state index >= 15 is 0 Å². The van der Waals surface area contributed by atoms with Crippen LogP contribution in [0.4, 0.5) is 13.2 Å². The maximum Gasteiger partial charge on any atom is 0.406 e. The van der Waals surface area contributed by atoms with E-state index in [1.807, 2.05) is 6.92 Å². The third-order valence-electron chi connectivity index (χ3n) is 2.46. The normalized spacial score (nSPS) is 13.4. The molecule has 0 atom stereocenters. The summed E-state index contributed by atoms with van der Waals surface area (Å²) in [4.78, 5) is 0. The van der Waals surface area contributed by atoms with Gasteiger partial charge < -0.3 is 5.32 Å². The lowest BCUT2D eigenvalue weighted by atomic mass is 9.92. The zero-order valence-electron chi connectivity index (χ0n) is 8.46. The van der Waals surface area contributed by atoms with E-state index in [4.69, 9.17) is 0 Å².